The van der Waals surface area contributed by atoms with Crippen LogP contribution < -0.4 is 5.32 Å². The Labute approximate surface area is 118 Å². The number of hydrogen-bond acceptors (Lipinski definition) is 2. The first-order valence-electron chi connectivity index (χ1n) is 6.82. The maximum absolute atomic E-state index is 5.94. The van der Waals surface area contributed by atoms with Crippen molar-refractivity contribution < 1.29 is 0 Å². The van der Waals surface area contributed by atoms with Gasteiger partial charge in [-0.2, -0.15) is 0 Å². The lowest BCUT2D eigenvalue weighted by Crippen LogP contribution is -2.37. The monoisotopic (exact) mass is 275 g/mol. The van der Waals surface area contributed by atoms with Crippen LogP contribution in [-0.4, -0.2) is 22.1 Å². The molecule has 0 spiro atoms. The number of nitrogens with zero attached hydrogens (tertiary/aromatic N) is 2. The highest BCUT2D eigenvalue weighted by atomic mass is 35.5. The molecule has 0 amide bonds. The van der Waals surface area contributed by atoms with Crippen molar-refractivity contribution in [2.45, 2.75) is 31.8 Å². The van der Waals surface area contributed by atoms with Gasteiger partial charge >= 0.3 is 0 Å². The third-order valence-corrected chi connectivity index (χ3v) is 3.93. The van der Waals surface area contributed by atoms with Crippen molar-refractivity contribution in [2.75, 3.05) is 6.54 Å². The van der Waals surface area contributed by atoms with E-state index in [1.807, 2.05) is 36.8 Å². The molecule has 1 aromatic carbocycles. The summed E-state index contributed by atoms with van der Waals surface area (Å²) in [7, 11) is 0. The number of nitrogens with one attached hydrogen (secondary N) is 1. The molecule has 1 aliphatic rings. The van der Waals surface area contributed by atoms with E-state index in [0.717, 1.165) is 29.4 Å². The molecule has 1 fully saturated rings. The van der Waals surface area contributed by atoms with Gasteiger partial charge in [0.15, 0.2) is 0 Å². The quantitative estimate of drug-likeness (QED) is 0.931. The van der Waals surface area contributed by atoms with E-state index in [0.29, 0.717) is 6.04 Å². The molecule has 0 bridgehead atoms. The normalized spacial score (nSPS) is 19.5. The van der Waals surface area contributed by atoms with Gasteiger partial charge in [-0.3, -0.25) is 0 Å². The van der Waals surface area contributed by atoms with Crippen molar-refractivity contribution in [3.63, 3.8) is 0 Å². The Kier molecular flexibility index (Phi) is 3.85. The second kappa shape index (κ2) is 5.76. The molecule has 1 unspecified atom stereocenters. The number of aromatic nitrogens is 2. The second-order valence-electron chi connectivity index (χ2n) is 5.08. The van der Waals surface area contributed by atoms with Crippen molar-refractivity contribution in [1.82, 2.24) is 14.9 Å². The predicted molar refractivity (Wildman–Crippen MR) is 78.3 cm³/mol. The van der Waals surface area contributed by atoms with Gasteiger partial charge in [-0.25, -0.2) is 4.98 Å². The van der Waals surface area contributed by atoms with Crippen LogP contribution in [0.2, 0.25) is 5.02 Å². The Morgan fingerprint density at radius 2 is 2.11 bits per heavy atom. The third kappa shape index (κ3) is 2.99. The summed E-state index contributed by atoms with van der Waals surface area (Å²) in [6.45, 7) is 2.12. The van der Waals surface area contributed by atoms with Crippen molar-refractivity contribution in [3.8, 4) is 11.3 Å². The van der Waals surface area contributed by atoms with Crippen LogP contribution in [0.25, 0.3) is 11.3 Å². The van der Waals surface area contributed by atoms with Crippen LogP contribution in [0, 0.1) is 0 Å². The minimum Gasteiger partial charge on any atom is -0.329 e. The van der Waals surface area contributed by atoms with Gasteiger partial charge in [-0.15, -0.1) is 0 Å². The number of rotatable bonds is 3. The van der Waals surface area contributed by atoms with E-state index < -0.39 is 0 Å². The van der Waals surface area contributed by atoms with Crippen molar-refractivity contribution in [3.05, 3.63) is 41.8 Å². The summed E-state index contributed by atoms with van der Waals surface area (Å²) in [5.74, 6) is 0. The fourth-order valence-corrected chi connectivity index (χ4v) is 2.77. The molecular weight excluding hydrogens is 258 g/mol. The molecule has 1 atom stereocenters. The van der Waals surface area contributed by atoms with Gasteiger partial charge in [-0.05, 0) is 37.1 Å². The van der Waals surface area contributed by atoms with Gasteiger partial charge in [0.1, 0.15) is 0 Å². The number of hydrogen-bond donors (Lipinski definition) is 1. The Morgan fingerprint density at radius 3 is 2.84 bits per heavy atom. The van der Waals surface area contributed by atoms with Gasteiger partial charge in [0.2, 0.25) is 0 Å². The zero-order valence-electron chi connectivity index (χ0n) is 10.8. The first-order chi connectivity index (χ1) is 9.33. The molecule has 3 nitrogen and oxygen atoms in total. The van der Waals surface area contributed by atoms with Crippen LogP contribution in [0.1, 0.15) is 19.3 Å². The molecule has 19 heavy (non-hydrogen) atoms. The fraction of sp³-hybridized carbons (Fsp3) is 0.400. The lowest BCUT2D eigenvalue weighted by atomic mass is 10.0. The maximum atomic E-state index is 5.94. The molecule has 2 aromatic rings. The van der Waals surface area contributed by atoms with Crippen molar-refractivity contribution in [1.29, 1.82) is 0 Å². The van der Waals surface area contributed by atoms with E-state index in [2.05, 4.69) is 14.9 Å². The highest BCUT2D eigenvalue weighted by Crippen LogP contribution is 2.22. The number of halogens is 1. The Balaban J connectivity index is 1.79. The molecule has 4 heteroatoms. The summed E-state index contributed by atoms with van der Waals surface area (Å²) in [5, 5.41) is 4.34. The highest BCUT2D eigenvalue weighted by Gasteiger charge is 2.14. The molecule has 100 valence electrons. The Morgan fingerprint density at radius 1 is 1.26 bits per heavy atom. The van der Waals surface area contributed by atoms with E-state index in [-0.39, 0.29) is 0 Å². The van der Waals surface area contributed by atoms with Gasteiger partial charge in [0.05, 0.1) is 18.2 Å². The average molecular weight is 276 g/mol. The summed E-state index contributed by atoms with van der Waals surface area (Å²) in [6.07, 6.45) is 7.71. The highest BCUT2D eigenvalue weighted by molar-refractivity contribution is 6.30. The van der Waals surface area contributed by atoms with Gasteiger partial charge in [-0.1, -0.05) is 30.2 Å². The summed E-state index contributed by atoms with van der Waals surface area (Å²) in [6, 6.07) is 8.50. The molecule has 1 N–H and O–H groups in total. The third-order valence-electron chi connectivity index (χ3n) is 3.68. The van der Waals surface area contributed by atoms with Crippen LogP contribution in [0.3, 0.4) is 0 Å². The fourth-order valence-electron chi connectivity index (χ4n) is 2.64. The number of imidazole rings is 1. The maximum Gasteiger partial charge on any atom is 0.0951 e. The average Bonchev–Trinajstić information content (AvgIpc) is 2.89. The topological polar surface area (TPSA) is 29.9 Å². The molecule has 1 saturated heterocycles. The van der Waals surface area contributed by atoms with Crippen LogP contribution in [0.4, 0.5) is 0 Å². The molecule has 0 aliphatic carbocycles. The van der Waals surface area contributed by atoms with Crippen LogP contribution >= 0.6 is 11.6 Å². The van der Waals surface area contributed by atoms with Crippen molar-refractivity contribution >= 4 is 11.6 Å². The van der Waals surface area contributed by atoms with E-state index >= 15 is 0 Å². The van der Waals surface area contributed by atoms with Gasteiger partial charge in [0.25, 0.3) is 0 Å². The van der Waals surface area contributed by atoms with Crippen LogP contribution in [0.15, 0.2) is 36.8 Å². The minimum absolute atomic E-state index is 0.564. The smallest absolute Gasteiger partial charge is 0.0951 e. The molecule has 0 radical (unpaired) electrons. The van der Waals surface area contributed by atoms with Crippen LogP contribution in [0.5, 0.6) is 0 Å². The van der Waals surface area contributed by atoms with E-state index in [9.17, 15) is 0 Å². The molecule has 0 saturated carbocycles. The van der Waals surface area contributed by atoms with Crippen molar-refractivity contribution in [2.24, 2.45) is 0 Å². The zero-order valence-corrected chi connectivity index (χ0v) is 11.6. The van der Waals surface area contributed by atoms with E-state index in [4.69, 9.17) is 11.6 Å². The number of piperidine rings is 1. The summed E-state index contributed by atoms with van der Waals surface area (Å²) >= 11 is 5.94. The summed E-state index contributed by atoms with van der Waals surface area (Å²) in [5.41, 5.74) is 2.32. The standard InChI is InChI=1S/C15H18ClN3/c16-13-6-4-12(5-7-13)15-9-17-11-19(15)10-14-3-1-2-8-18-14/h4-7,9,11,14,18H,1-3,8,10H2. The Bertz CT molecular complexity index is 527. The second-order valence-corrected chi connectivity index (χ2v) is 5.52. The zero-order chi connectivity index (χ0) is 13.1. The SMILES string of the molecule is Clc1ccc(-c2cncn2CC2CCCCN2)cc1. The summed E-state index contributed by atoms with van der Waals surface area (Å²) in [4.78, 5) is 4.29. The lowest BCUT2D eigenvalue weighted by molar-refractivity contribution is 0.364. The van der Waals surface area contributed by atoms with Gasteiger partial charge in [0, 0.05) is 17.6 Å². The molecule has 1 aromatic heterocycles. The van der Waals surface area contributed by atoms with Gasteiger partial charge < -0.3 is 9.88 Å². The van der Waals surface area contributed by atoms with Crippen LogP contribution in [-0.2, 0) is 6.54 Å². The summed E-state index contributed by atoms with van der Waals surface area (Å²) < 4.78 is 2.23. The van der Waals surface area contributed by atoms with E-state index in [1.165, 1.54) is 19.3 Å². The molecule has 1 aliphatic heterocycles. The molecule has 3 rings (SSSR count). The minimum atomic E-state index is 0.564. The largest absolute Gasteiger partial charge is 0.329 e. The predicted octanol–water partition coefficient (Wildman–Crippen LogP) is 3.35. The molecule has 2 heterocycles. The molecular formula is C15H18ClN3. The number of benzene rings is 1. The first kappa shape index (κ1) is 12.7. The Hall–Kier alpha value is -1.32. The lowest BCUT2D eigenvalue weighted by Gasteiger charge is -2.24. The van der Waals surface area contributed by atoms with E-state index in [1.54, 1.807) is 0 Å². The first-order valence-corrected chi connectivity index (χ1v) is 7.20.